The van der Waals surface area contributed by atoms with Crippen molar-refractivity contribution in [2.45, 2.75) is 51.3 Å². The number of ketones is 3. The number of anilines is 1. The SMILES string of the molecule is CC(=O)CCCOCC(=O)CCCOCC(C)=O.CCNC(=O)c1ccc(NS(=O)(=O)c2ccccc2)nc1.O=C(O)COc1ccccc1. The lowest BCUT2D eigenvalue weighted by molar-refractivity contribution is -0.139. The van der Waals surface area contributed by atoms with Crippen LogP contribution in [0.1, 0.15) is 56.8 Å². The predicted octanol–water partition coefficient (Wildman–Crippen LogP) is 4.11. The summed E-state index contributed by atoms with van der Waals surface area (Å²) >= 11 is 0. The summed E-state index contributed by atoms with van der Waals surface area (Å²) in [5.41, 5.74) is 0.375. The third-order valence-corrected chi connectivity index (χ3v) is 7.26. The van der Waals surface area contributed by atoms with Gasteiger partial charge in [-0.25, -0.2) is 18.2 Å². The number of carbonyl (C=O) groups excluding carboxylic acids is 4. The molecular weight excluding hydrogens is 670 g/mol. The van der Waals surface area contributed by atoms with E-state index in [2.05, 4.69) is 15.0 Å². The number of pyridine rings is 1. The van der Waals surface area contributed by atoms with Crippen molar-refractivity contribution in [3.8, 4) is 5.75 Å². The van der Waals surface area contributed by atoms with E-state index in [-0.39, 0.29) is 53.8 Å². The second-order valence-electron chi connectivity index (χ2n) is 10.5. The lowest BCUT2D eigenvalue weighted by Gasteiger charge is -2.08. The van der Waals surface area contributed by atoms with Gasteiger partial charge in [0.1, 0.15) is 30.6 Å². The Balaban J connectivity index is 0.000000393. The molecule has 1 aromatic heterocycles. The van der Waals surface area contributed by atoms with E-state index in [0.29, 0.717) is 56.8 Å². The molecule has 0 spiro atoms. The number of nitrogens with zero attached hydrogens (tertiary/aromatic N) is 1. The van der Waals surface area contributed by atoms with Crippen molar-refractivity contribution < 1.29 is 51.7 Å². The average molecular weight is 716 g/mol. The fourth-order valence-electron chi connectivity index (χ4n) is 3.58. The first-order chi connectivity index (χ1) is 23.8. The molecule has 0 saturated heterocycles. The number of sulfonamides is 1. The number of para-hydroxylation sites is 1. The van der Waals surface area contributed by atoms with Crippen LogP contribution in [0.2, 0.25) is 0 Å². The number of aromatic nitrogens is 1. The highest BCUT2D eigenvalue weighted by molar-refractivity contribution is 7.92. The van der Waals surface area contributed by atoms with Gasteiger partial charge in [-0.3, -0.25) is 19.1 Å². The largest absolute Gasteiger partial charge is 0.482 e. The summed E-state index contributed by atoms with van der Waals surface area (Å²) in [6.07, 6.45) is 3.47. The number of carboxylic acid groups (broad SMARTS) is 1. The van der Waals surface area contributed by atoms with Gasteiger partial charge in [0, 0.05) is 38.8 Å². The fourth-order valence-corrected chi connectivity index (χ4v) is 4.61. The monoisotopic (exact) mass is 715 g/mol. The van der Waals surface area contributed by atoms with Crippen LogP contribution in [0, 0.1) is 0 Å². The number of nitrogens with one attached hydrogen (secondary N) is 2. The Morgan fingerprint density at radius 2 is 1.36 bits per heavy atom. The summed E-state index contributed by atoms with van der Waals surface area (Å²) in [7, 11) is -3.67. The van der Waals surface area contributed by atoms with Crippen LogP contribution in [0.3, 0.4) is 0 Å². The van der Waals surface area contributed by atoms with Crippen molar-refractivity contribution in [1.82, 2.24) is 10.3 Å². The molecule has 14 nitrogen and oxygen atoms in total. The van der Waals surface area contributed by atoms with Crippen molar-refractivity contribution in [2.24, 2.45) is 0 Å². The van der Waals surface area contributed by atoms with Crippen LogP contribution < -0.4 is 14.8 Å². The van der Waals surface area contributed by atoms with Gasteiger partial charge < -0.3 is 29.4 Å². The van der Waals surface area contributed by atoms with Gasteiger partial charge in [0.05, 0.1) is 10.5 Å². The average Bonchev–Trinajstić information content (AvgIpc) is 3.08. The van der Waals surface area contributed by atoms with E-state index in [9.17, 15) is 32.4 Å². The minimum Gasteiger partial charge on any atom is -0.482 e. The van der Waals surface area contributed by atoms with Crippen LogP contribution in [0.25, 0.3) is 0 Å². The molecule has 1 amide bonds. The first kappa shape index (κ1) is 43.0. The number of aliphatic carboxylic acids is 1. The highest BCUT2D eigenvalue weighted by Gasteiger charge is 2.14. The van der Waals surface area contributed by atoms with Crippen molar-refractivity contribution in [3.05, 3.63) is 84.6 Å². The second-order valence-corrected chi connectivity index (χ2v) is 12.1. The summed E-state index contributed by atoms with van der Waals surface area (Å²) in [6, 6.07) is 19.8. The zero-order valence-corrected chi connectivity index (χ0v) is 29.3. The molecule has 0 unspecified atom stereocenters. The maximum absolute atomic E-state index is 12.1. The molecule has 0 fully saturated rings. The first-order valence-corrected chi connectivity index (χ1v) is 17.2. The van der Waals surface area contributed by atoms with Gasteiger partial charge in [0.2, 0.25) is 0 Å². The van der Waals surface area contributed by atoms with Gasteiger partial charge in [-0.15, -0.1) is 0 Å². The molecule has 0 saturated carbocycles. The van der Waals surface area contributed by atoms with E-state index in [1.807, 2.05) is 13.0 Å². The lowest BCUT2D eigenvalue weighted by atomic mass is 10.2. The molecule has 50 heavy (non-hydrogen) atoms. The van der Waals surface area contributed by atoms with Gasteiger partial charge in [0.25, 0.3) is 15.9 Å². The normalized spacial score (nSPS) is 10.3. The Morgan fingerprint density at radius 1 is 0.760 bits per heavy atom. The molecule has 0 aliphatic carbocycles. The minimum atomic E-state index is -3.67. The molecule has 0 aliphatic heterocycles. The highest BCUT2D eigenvalue weighted by Crippen LogP contribution is 2.14. The summed E-state index contributed by atoms with van der Waals surface area (Å²) in [5, 5.41) is 10.9. The van der Waals surface area contributed by atoms with E-state index in [0.717, 1.165) is 0 Å². The Morgan fingerprint density at radius 3 is 1.90 bits per heavy atom. The van der Waals surface area contributed by atoms with Gasteiger partial charge in [0.15, 0.2) is 18.2 Å². The molecule has 15 heteroatoms. The van der Waals surface area contributed by atoms with Crippen molar-refractivity contribution in [2.75, 3.05) is 44.3 Å². The van der Waals surface area contributed by atoms with Gasteiger partial charge in [-0.05, 0) is 70.0 Å². The molecule has 0 aliphatic rings. The highest BCUT2D eigenvalue weighted by atomic mass is 32.2. The maximum Gasteiger partial charge on any atom is 0.341 e. The molecule has 2 aromatic carbocycles. The van der Waals surface area contributed by atoms with Crippen LogP contribution in [-0.4, -0.2) is 87.3 Å². The third kappa shape index (κ3) is 21.1. The number of rotatable bonds is 20. The van der Waals surface area contributed by atoms with Crippen LogP contribution in [-0.2, 0) is 38.7 Å². The second kappa shape index (κ2) is 25.0. The Kier molecular flexibility index (Phi) is 21.6. The fraction of sp³-hybridized carbons (Fsp3) is 0.371. The van der Waals surface area contributed by atoms with Crippen molar-refractivity contribution in [3.63, 3.8) is 0 Å². The van der Waals surface area contributed by atoms with Crippen LogP contribution >= 0.6 is 0 Å². The quantitative estimate of drug-likeness (QED) is 0.141. The summed E-state index contributed by atoms with van der Waals surface area (Å²) in [5.74, 6) is -0.343. The number of carboxylic acids is 1. The number of carbonyl (C=O) groups is 5. The molecule has 3 N–H and O–H groups in total. The summed E-state index contributed by atoms with van der Waals surface area (Å²) in [4.78, 5) is 58.2. The standard InChI is InChI=1S/C14H15N3O3S.C13H22O5.C8H8O3/c1-2-15-14(18)11-8-9-13(16-10-11)17-21(19,20)12-6-4-3-5-7-12;1-11(14)5-3-7-18-10-13(16)6-4-8-17-9-12(2)15;9-8(10)6-11-7-4-2-1-3-5-7/h3-10H,2H2,1H3,(H,15,18)(H,16,17);3-10H2,1-2H3;1-5H,6H2,(H,9,10). The molecule has 272 valence electrons. The van der Waals surface area contributed by atoms with Crippen molar-refractivity contribution in [1.29, 1.82) is 0 Å². The molecular formula is C35H45N3O11S. The van der Waals surface area contributed by atoms with Crippen LogP contribution in [0.5, 0.6) is 5.75 Å². The topological polar surface area (TPSA) is 204 Å². The van der Waals surface area contributed by atoms with E-state index in [4.69, 9.17) is 19.3 Å². The van der Waals surface area contributed by atoms with E-state index in [1.54, 1.807) is 42.5 Å². The number of Topliss-reactive ketones (excluding diaryl/α,β-unsaturated/α-hetero) is 3. The van der Waals surface area contributed by atoms with Crippen LogP contribution in [0.15, 0.2) is 83.9 Å². The molecule has 0 atom stereocenters. The van der Waals surface area contributed by atoms with E-state index < -0.39 is 16.0 Å². The summed E-state index contributed by atoms with van der Waals surface area (Å²) in [6.45, 7) is 6.08. The number of hydrogen-bond donors (Lipinski definition) is 3. The summed E-state index contributed by atoms with van der Waals surface area (Å²) < 4.78 is 41.6. The lowest BCUT2D eigenvalue weighted by Crippen LogP contribution is -2.22. The zero-order valence-electron chi connectivity index (χ0n) is 28.5. The number of amides is 1. The molecule has 0 radical (unpaired) electrons. The van der Waals surface area contributed by atoms with E-state index in [1.165, 1.54) is 44.3 Å². The van der Waals surface area contributed by atoms with Gasteiger partial charge >= 0.3 is 5.97 Å². The number of hydrogen-bond acceptors (Lipinski definition) is 11. The van der Waals surface area contributed by atoms with Crippen molar-refractivity contribution >= 4 is 45.1 Å². The Hall–Kier alpha value is -4.99. The maximum atomic E-state index is 12.1. The van der Waals surface area contributed by atoms with E-state index >= 15 is 0 Å². The molecule has 3 aromatic rings. The van der Waals surface area contributed by atoms with Gasteiger partial charge in [-0.2, -0.15) is 0 Å². The van der Waals surface area contributed by atoms with Crippen LogP contribution in [0.4, 0.5) is 5.82 Å². The number of benzene rings is 2. The predicted molar refractivity (Wildman–Crippen MR) is 186 cm³/mol. The molecule has 3 rings (SSSR count). The third-order valence-electron chi connectivity index (χ3n) is 5.89. The Labute approximate surface area is 292 Å². The van der Waals surface area contributed by atoms with Gasteiger partial charge in [-0.1, -0.05) is 36.4 Å². The zero-order chi connectivity index (χ0) is 37.2. The minimum absolute atomic E-state index is 0.0178. The molecule has 1 heterocycles. The number of ether oxygens (including phenoxy) is 3. The first-order valence-electron chi connectivity index (χ1n) is 15.7. The Bertz CT molecular complexity index is 1540. The smallest absolute Gasteiger partial charge is 0.341 e. The molecule has 0 bridgehead atoms.